The van der Waals surface area contributed by atoms with E-state index in [1.54, 1.807) is 42.5 Å². The maximum Gasteiger partial charge on any atom is 0.263 e. The highest BCUT2D eigenvalue weighted by atomic mass is 16.5. The van der Waals surface area contributed by atoms with Crippen molar-refractivity contribution in [1.29, 1.82) is 0 Å². The number of carbonyl (C=O) groups excluding carboxylic acids is 1. The van der Waals surface area contributed by atoms with Crippen molar-refractivity contribution in [2.45, 2.75) is 0 Å². The summed E-state index contributed by atoms with van der Waals surface area (Å²) in [5.41, 5.74) is 2.44. The molecule has 0 saturated heterocycles. The molecule has 0 radical (unpaired) electrons. The minimum atomic E-state index is -0.317. The molecule has 27 heavy (non-hydrogen) atoms. The first-order chi connectivity index (χ1) is 13.2. The molecule has 0 unspecified atom stereocenters. The van der Waals surface area contributed by atoms with Crippen molar-refractivity contribution in [3.05, 3.63) is 78.4 Å². The second-order valence-corrected chi connectivity index (χ2v) is 5.57. The van der Waals surface area contributed by atoms with Gasteiger partial charge in [-0.25, -0.2) is 0 Å². The van der Waals surface area contributed by atoms with Crippen LogP contribution in [-0.2, 0) is 0 Å². The highest BCUT2D eigenvalue weighted by Gasteiger charge is 2.18. The Morgan fingerprint density at radius 1 is 0.741 bits per heavy atom. The van der Waals surface area contributed by atoms with Gasteiger partial charge in [-0.2, -0.15) is 10.2 Å². The first-order valence-corrected chi connectivity index (χ1v) is 8.30. The quantitative estimate of drug-likeness (QED) is 0.600. The molecule has 0 aromatic heterocycles. The van der Waals surface area contributed by atoms with E-state index in [0.29, 0.717) is 28.4 Å². The van der Waals surface area contributed by atoms with Crippen LogP contribution in [0, 0.1) is 0 Å². The molecule has 0 aliphatic carbocycles. The van der Waals surface area contributed by atoms with Crippen molar-refractivity contribution in [3.8, 4) is 11.5 Å². The van der Waals surface area contributed by atoms with Crippen LogP contribution < -0.4 is 14.8 Å². The Bertz CT molecular complexity index is 916. The van der Waals surface area contributed by atoms with Crippen LogP contribution in [0.15, 0.2) is 83.0 Å². The summed E-state index contributed by atoms with van der Waals surface area (Å²) in [4.78, 5) is 12.7. The van der Waals surface area contributed by atoms with Gasteiger partial charge in [0.15, 0.2) is 0 Å². The highest BCUT2D eigenvalue weighted by Crippen LogP contribution is 2.29. The molecule has 0 spiro atoms. The molecular weight excluding hydrogens is 342 g/mol. The summed E-state index contributed by atoms with van der Waals surface area (Å²) < 4.78 is 10.5. The lowest BCUT2D eigenvalue weighted by molar-refractivity contribution is 0.102. The van der Waals surface area contributed by atoms with Gasteiger partial charge in [-0.15, -0.1) is 0 Å². The number of hydrogen-bond donors (Lipinski definition) is 1. The van der Waals surface area contributed by atoms with E-state index in [-0.39, 0.29) is 5.91 Å². The van der Waals surface area contributed by atoms with E-state index >= 15 is 0 Å². The highest BCUT2D eigenvalue weighted by molar-refractivity contribution is 6.08. The van der Waals surface area contributed by atoms with E-state index in [2.05, 4.69) is 15.5 Å². The second-order valence-electron chi connectivity index (χ2n) is 5.57. The Morgan fingerprint density at radius 2 is 1.30 bits per heavy atom. The molecule has 3 aromatic carbocycles. The van der Waals surface area contributed by atoms with E-state index in [0.717, 1.165) is 5.69 Å². The largest absolute Gasteiger partial charge is 0.496 e. The lowest BCUT2D eigenvalue weighted by Gasteiger charge is -2.13. The zero-order valence-corrected chi connectivity index (χ0v) is 15.0. The predicted octanol–water partition coefficient (Wildman–Crippen LogP) is 5.37. The minimum Gasteiger partial charge on any atom is -0.496 e. The lowest BCUT2D eigenvalue weighted by atomic mass is 10.1. The van der Waals surface area contributed by atoms with Gasteiger partial charge >= 0.3 is 0 Å². The van der Waals surface area contributed by atoms with Gasteiger partial charge in [-0.1, -0.05) is 24.3 Å². The van der Waals surface area contributed by atoms with Crippen molar-refractivity contribution in [1.82, 2.24) is 0 Å². The molecule has 3 rings (SSSR count). The summed E-state index contributed by atoms with van der Waals surface area (Å²) in [7, 11) is 3.02. The van der Waals surface area contributed by atoms with Crippen molar-refractivity contribution < 1.29 is 14.3 Å². The number of methoxy groups -OCH3 is 2. The van der Waals surface area contributed by atoms with Gasteiger partial charge in [0.1, 0.15) is 17.1 Å². The van der Waals surface area contributed by atoms with Crippen molar-refractivity contribution >= 4 is 23.0 Å². The molecule has 1 N–H and O–H groups in total. The molecule has 0 atom stereocenters. The molecule has 1 amide bonds. The standard InChI is InChI=1S/C21H19N3O3/c1-26-18-9-6-10-19(27-2)20(18)21(25)22-15-11-13-17(14-12-15)24-23-16-7-4-3-5-8-16/h3-14H,1-2H3,(H,22,25). The molecule has 0 saturated carbocycles. The van der Waals surface area contributed by atoms with Crippen LogP contribution in [0.3, 0.4) is 0 Å². The Kier molecular flexibility index (Phi) is 5.79. The molecule has 136 valence electrons. The third-order valence-corrected chi connectivity index (χ3v) is 3.82. The van der Waals surface area contributed by atoms with Crippen LogP contribution in [0.25, 0.3) is 0 Å². The maximum absolute atomic E-state index is 12.7. The number of rotatable bonds is 6. The van der Waals surface area contributed by atoms with Crippen molar-refractivity contribution in [2.75, 3.05) is 19.5 Å². The molecule has 0 bridgehead atoms. The third kappa shape index (κ3) is 4.49. The Balaban J connectivity index is 1.74. The normalized spacial score (nSPS) is 10.6. The van der Waals surface area contributed by atoms with Gasteiger partial charge in [-0.05, 0) is 48.5 Å². The molecular formula is C21H19N3O3. The number of amides is 1. The van der Waals surface area contributed by atoms with Gasteiger partial charge in [0.25, 0.3) is 5.91 Å². The number of hydrogen-bond acceptors (Lipinski definition) is 5. The van der Waals surface area contributed by atoms with Gasteiger partial charge in [0.05, 0.1) is 25.6 Å². The summed E-state index contributed by atoms with van der Waals surface area (Å²) >= 11 is 0. The summed E-state index contributed by atoms with van der Waals surface area (Å²) in [6.07, 6.45) is 0. The van der Waals surface area contributed by atoms with E-state index in [4.69, 9.17) is 9.47 Å². The van der Waals surface area contributed by atoms with Crippen LogP contribution in [0.4, 0.5) is 17.1 Å². The minimum absolute atomic E-state index is 0.317. The van der Waals surface area contributed by atoms with Crippen LogP contribution >= 0.6 is 0 Å². The molecule has 0 aliphatic rings. The Morgan fingerprint density at radius 3 is 1.85 bits per heavy atom. The third-order valence-electron chi connectivity index (χ3n) is 3.82. The van der Waals surface area contributed by atoms with Gasteiger partial charge in [-0.3, -0.25) is 4.79 Å². The smallest absolute Gasteiger partial charge is 0.263 e. The molecule has 3 aromatic rings. The summed E-state index contributed by atoms with van der Waals surface area (Å²) in [6.45, 7) is 0. The SMILES string of the molecule is COc1cccc(OC)c1C(=O)Nc1ccc(N=Nc2ccccc2)cc1. The molecule has 0 aliphatic heterocycles. The van der Waals surface area contributed by atoms with Crippen molar-refractivity contribution in [3.63, 3.8) is 0 Å². The molecule has 0 fully saturated rings. The number of ether oxygens (including phenoxy) is 2. The number of nitrogens with one attached hydrogen (secondary N) is 1. The average Bonchev–Trinajstić information content (AvgIpc) is 2.73. The number of nitrogens with zero attached hydrogens (tertiary/aromatic N) is 2. The van der Waals surface area contributed by atoms with Gasteiger partial charge in [0.2, 0.25) is 0 Å². The first-order valence-electron chi connectivity index (χ1n) is 8.30. The van der Waals surface area contributed by atoms with Crippen LogP contribution in [0.5, 0.6) is 11.5 Å². The lowest BCUT2D eigenvalue weighted by Crippen LogP contribution is -2.14. The molecule has 6 heteroatoms. The predicted molar refractivity (Wildman–Crippen MR) is 105 cm³/mol. The van der Waals surface area contributed by atoms with Crippen LogP contribution in [0.1, 0.15) is 10.4 Å². The maximum atomic E-state index is 12.7. The molecule has 6 nitrogen and oxygen atoms in total. The van der Waals surface area contributed by atoms with Crippen molar-refractivity contribution in [2.24, 2.45) is 10.2 Å². The average molecular weight is 361 g/mol. The number of azo groups is 1. The fraction of sp³-hybridized carbons (Fsp3) is 0.0952. The van der Waals surface area contributed by atoms with Crippen LogP contribution in [-0.4, -0.2) is 20.1 Å². The van der Waals surface area contributed by atoms with Gasteiger partial charge in [0, 0.05) is 5.69 Å². The monoisotopic (exact) mass is 361 g/mol. The fourth-order valence-electron chi connectivity index (χ4n) is 2.49. The van der Waals surface area contributed by atoms with E-state index < -0.39 is 0 Å². The Hall–Kier alpha value is -3.67. The molecule has 0 heterocycles. The zero-order chi connectivity index (χ0) is 19.1. The zero-order valence-electron chi connectivity index (χ0n) is 15.0. The van der Waals surface area contributed by atoms with E-state index in [1.807, 2.05) is 30.3 Å². The number of anilines is 1. The van der Waals surface area contributed by atoms with E-state index in [1.165, 1.54) is 14.2 Å². The van der Waals surface area contributed by atoms with E-state index in [9.17, 15) is 4.79 Å². The summed E-state index contributed by atoms with van der Waals surface area (Å²) in [6, 6.07) is 21.8. The number of carbonyl (C=O) groups is 1. The Labute approximate surface area is 157 Å². The van der Waals surface area contributed by atoms with Gasteiger partial charge < -0.3 is 14.8 Å². The van der Waals surface area contributed by atoms with Crippen LogP contribution in [0.2, 0.25) is 0 Å². The second kappa shape index (κ2) is 8.62. The first kappa shape index (κ1) is 18.1. The summed E-state index contributed by atoms with van der Waals surface area (Å²) in [5, 5.41) is 11.2. The summed E-state index contributed by atoms with van der Waals surface area (Å²) in [5.74, 6) is 0.572. The fourth-order valence-corrected chi connectivity index (χ4v) is 2.49. The number of benzene rings is 3. The topological polar surface area (TPSA) is 72.3 Å².